The molecule has 2 aromatic carbocycles. The molecule has 0 saturated heterocycles. The highest BCUT2D eigenvalue weighted by atomic mass is 79.9. The van der Waals surface area contributed by atoms with Crippen LogP contribution in [0.5, 0.6) is 0 Å². The molecule has 26 heavy (non-hydrogen) atoms. The van der Waals surface area contributed by atoms with Crippen LogP contribution in [0.2, 0.25) is 0 Å². The van der Waals surface area contributed by atoms with Crippen molar-refractivity contribution in [1.82, 2.24) is 9.72 Å². The fourth-order valence-electron chi connectivity index (χ4n) is 2.32. The molecule has 0 aliphatic carbocycles. The second kappa shape index (κ2) is 8.33. The quantitative estimate of drug-likeness (QED) is 0.535. The molecule has 132 valence electrons. The van der Waals surface area contributed by atoms with Crippen molar-refractivity contribution in [3.05, 3.63) is 92.0 Å². The fourth-order valence-corrected chi connectivity index (χ4v) is 3.40. The van der Waals surface area contributed by atoms with Crippen LogP contribution in [0.25, 0.3) is 5.70 Å². The number of carbonyl (C=O) groups excluding carboxylic acids is 1. The van der Waals surface area contributed by atoms with Gasteiger partial charge in [0, 0.05) is 21.5 Å². The Morgan fingerprint density at radius 3 is 2.58 bits per heavy atom. The molecule has 7 heteroatoms. The molecule has 0 amide bonds. The molecule has 3 rings (SSSR count). The standard InChI is InChI=1S/C19H15BrN2O3S/c1-13(11-26-12-14-5-3-2-4-6-14)22-18(21-25-19(22)24)17(23)15-7-9-16(20)10-8-15/h2-11H,12H2,1H3/b13-11-. The van der Waals surface area contributed by atoms with Crippen LogP contribution in [0.15, 0.2) is 73.8 Å². The third-order valence-corrected chi connectivity index (χ3v) is 5.15. The van der Waals surface area contributed by atoms with Gasteiger partial charge in [-0.3, -0.25) is 9.32 Å². The minimum Gasteiger partial charge on any atom is -0.295 e. The molecular formula is C19H15BrN2O3S. The van der Waals surface area contributed by atoms with E-state index < -0.39 is 5.76 Å². The molecule has 0 spiro atoms. The zero-order chi connectivity index (χ0) is 18.5. The molecule has 0 radical (unpaired) electrons. The number of halogens is 1. The maximum atomic E-state index is 12.7. The molecule has 5 nitrogen and oxygen atoms in total. The summed E-state index contributed by atoms with van der Waals surface area (Å²) in [5.74, 6) is -0.330. The van der Waals surface area contributed by atoms with Gasteiger partial charge in [0.2, 0.25) is 11.6 Å². The van der Waals surface area contributed by atoms with Crippen LogP contribution in [-0.2, 0) is 5.75 Å². The highest BCUT2D eigenvalue weighted by Crippen LogP contribution is 2.19. The number of allylic oxidation sites excluding steroid dienone is 1. The zero-order valence-electron chi connectivity index (χ0n) is 13.9. The number of benzene rings is 2. The molecule has 1 heterocycles. The summed E-state index contributed by atoms with van der Waals surface area (Å²) >= 11 is 4.86. The van der Waals surface area contributed by atoms with Crippen molar-refractivity contribution in [3.63, 3.8) is 0 Å². The Hall–Kier alpha value is -2.38. The summed E-state index contributed by atoms with van der Waals surface area (Å²) in [6.07, 6.45) is 0. The maximum Gasteiger partial charge on any atom is 0.446 e. The van der Waals surface area contributed by atoms with E-state index in [-0.39, 0.29) is 11.6 Å². The highest BCUT2D eigenvalue weighted by molar-refractivity contribution is 9.10. The molecule has 0 unspecified atom stereocenters. The Balaban J connectivity index is 1.82. The number of hydrogen-bond donors (Lipinski definition) is 0. The lowest BCUT2D eigenvalue weighted by Crippen LogP contribution is -2.18. The Bertz CT molecular complexity index is 992. The normalized spacial score (nSPS) is 11.5. The van der Waals surface area contributed by atoms with Crippen LogP contribution in [0.3, 0.4) is 0 Å². The lowest BCUT2D eigenvalue weighted by atomic mass is 10.1. The number of nitrogens with zero attached hydrogens (tertiary/aromatic N) is 2. The van der Waals surface area contributed by atoms with E-state index in [1.165, 1.54) is 21.9 Å². The first-order valence-corrected chi connectivity index (χ1v) is 9.62. The van der Waals surface area contributed by atoms with Gasteiger partial charge in [-0.2, -0.15) is 0 Å². The SMILES string of the molecule is C/C(=C/SCc1ccccc1)n1c(C(=O)c2ccc(Br)cc2)noc1=O. The lowest BCUT2D eigenvalue weighted by Gasteiger charge is -2.05. The van der Waals surface area contributed by atoms with E-state index in [0.29, 0.717) is 11.3 Å². The van der Waals surface area contributed by atoms with E-state index in [2.05, 4.69) is 21.1 Å². The number of aromatic nitrogens is 2. The summed E-state index contributed by atoms with van der Waals surface area (Å²) in [7, 11) is 0. The van der Waals surface area contributed by atoms with Crippen molar-refractivity contribution in [2.75, 3.05) is 0 Å². The molecule has 0 atom stereocenters. The summed E-state index contributed by atoms with van der Waals surface area (Å²) < 4.78 is 6.78. The van der Waals surface area contributed by atoms with Crippen LogP contribution in [-0.4, -0.2) is 15.5 Å². The third-order valence-electron chi connectivity index (χ3n) is 3.61. The summed E-state index contributed by atoms with van der Waals surface area (Å²) in [5, 5.41) is 5.49. The van der Waals surface area contributed by atoms with E-state index in [1.54, 1.807) is 31.2 Å². The topological polar surface area (TPSA) is 65.1 Å². The second-order valence-electron chi connectivity index (χ2n) is 5.50. The lowest BCUT2D eigenvalue weighted by molar-refractivity contribution is 0.102. The smallest absolute Gasteiger partial charge is 0.295 e. The van der Waals surface area contributed by atoms with Crippen LogP contribution in [0.1, 0.15) is 28.7 Å². The number of rotatable bonds is 6. The minimum absolute atomic E-state index is 0.0358. The van der Waals surface area contributed by atoms with Crippen molar-refractivity contribution in [3.8, 4) is 0 Å². The first-order chi connectivity index (χ1) is 12.6. The van der Waals surface area contributed by atoms with Gasteiger partial charge in [0.15, 0.2) is 0 Å². The van der Waals surface area contributed by atoms with Gasteiger partial charge in [-0.25, -0.2) is 9.36 Å². The van der Waals surface area contributed by atoms with Crippen LogP contribution >= 0.6 is 27.7 Å². The Labute approximate surface area is 162 Å². The Morgan fingerprint density at radius 1 is 1.19 bits per heavy atom. The summed E-state index contributed by atoms with van der Waals surface area (Å²) in [4.78, 5) is 24.7. The minimum atomic E-state index is -0.681. The van der Waals surface area contributed by atoms with Crippen LogP contribution in [0, 0.1) is 0 Å². The van der Waals surface area contributed by atoms with E-state index in [1.807, 2.05) is 35.7 Å². The number of thioether (sulfide) groups is 1. The molecule has 0 aliphatic heterocycles. The monoisotopic (exact) mass is 430 g/mol. The van der Waals surface area contributed by atoms with Crippen LogP contribution < -0.4 is 5.76 Å². The molecule has 0 saturated carbocycles. The van der Waals surface area contributed by atoms with Crippen molar-refractivity contribution in [1.29, 1.82) is 0 Å². The molecular weight excluding hydrogens is 416 g/mol. The maximum absolute atomic E-state index is 12.7. The van der Waals surface area contributed by atoms with Gasteiger partial charge < -0.3 is 0 Å². The van der Waals surface area contributed by atoms with Crippen molar-refractivity contribution in [2.45, 2.75) is 12.7 Å². The third kappa shape index (κ3) is 4.23. The van der Waals surface area contributed by atoms with Crippen LogP contribution in [0.4, 0.5) is 0 Å². The van der Waals surface area contributed by atoms with Gasteiger partial charge >= 0.3 is 5.76 Å². The van der Waals surface area contributed by atoms with E-state index in [4.69, 9.17) is 4.52 Å². The highest BCUT2D eigenvalue weighted by Gasteiger charge is 2.21. The first-order valence-electron chi connectivity index (χ1n) is 7.78. The number of hydrogen-bond acceptors (Lipinski definition) is 5. The van der Waals surface area contributed by atoms with Gasteiger partial charge in [0.1, 0.15) is 0 Å². The average molecular weight is 431 g/mol. The second-order valence-corrected chi connectivity index (χ2v) is 7.27. The van der Waals surface area contributed by atoms with Gasteiger partial charge in [-0.1, -0.05) is 51.4 Å². The summed E-state index contributed by atoms with van der Waals surface area (Å²) in [6.45, 7) is 1.74. The van der Waals surface area contributed by atoms with E-state index in [0.717, 1.165) is 10.2 Å². The first kappa shape index (κ1) is 18.4. The van der Waals surface area contributed by atoms with E-state index >= 15 is 0 Å². The molecule has 0 N–H and O–H groups in total. The molecule has 3 aromatic rings. The number of carbonyl (C=O) groups is 1. The van der Waals surface area contributed by atoms with Gasteiger partial charge in [0.25, 0.3) is 0 Å². The van der Waals surface area contributed by atoms with Crippen molar-refractivity contribution < 1.29 is 9.32 Å². The Kier molecular flexibility index (Phi) is 5.90. The largest absolute Gasteiger partial charge is 0.446 e. The molecule has 0 bridgehead atoms. The van der Waals surface area contributed by atoms with Crippen molar-refractivity contribution in [2.24, 2.45) is 0 Å². The average Bonchev–Trinajstić information content (AvgIpc) is 3.04. The van der Waals surface area contributed by atoms with Crippen molar-refractivity contribution >= 4 is 39.2 Å². The fraction of sp³-hybridized carbons (Fsp3) is 0.105. The predicted molar refractivity (Wildman–Crippen MR) is 106 cm³/mol. The summed E-state index contributed by atoms with van der Waals surface area (Å²) in [5.41, 5.74) is 2.18. The molecule has 0 aliphatic rings. The number of ketones is 1. The summed E-state index contributed by atoms with van der Waals surface area (Å²) in [6, 6.07) is 16.8. The zero-order valence-corrected chi connectivity index (χ0v) is 16.3. The van der Waals surface area contributed by atoms with Gasteiger partial charge in [-0.05, 0) is 42.2 Å². The molecule has 1 aromatic heterocycles. The van der Waals surface area contributed by atoms with Gasteiger partial charge in [0.05, 0.1) is 0 Å². The Morgan fingerprint density at radius 2 is 1.88 bits per heavy atom. The predicted octanol–water partition coefficient (Wildman–Crippen LogP) is 4.58. The van der Waals surface area contributed by atoms with Gasteiger partial charge in [-0.15, -0.1) is 11.8 Å². The molecule has 0 fully saturated rings. The van der Waals surface area contributed by atoms with E-state index in [9.17, 15) is 9.59 Å².